The van der Waals surface area contributed by atoms with Crippen LogP contribution >= 0.6 is 0 Å². The summed E-state index contributed by atoms with van der Waals surface area (Å²) in [5.74, 6) is -5.10. The number of rotatable bonds is 3. The van der Waals surface area contributed by atoms with Crippen LogP contribution in [-0.2, 0) is 6.54 Å². The Morgan fingerprint density at radius 1 is 1.08 bits per heavy atom. The van der Waals surface area contributed by atoms with Crippen molar-refractivity contribution < 1.29 is 32.2 Å². The van der Waals surface area contributed by atoms with E-state index in [-0.39, 0.29) is 10.9 Å². The van der Waals surface area contributed by atoms with Gasteiger partial charge in [0.25, 0.3) is 0 Å². The highest BCUT2D eigenvalue weighted by Crippen LogP contribution is 2.23. The molecule has 0 aliphatic rings. The Labute approximate surface area is 142 Å². The predicted molar refractivity (Wildman–Crippen MR) is 82.2 cm³/mol. The summed E-state index contributed by atoms with van der Waals surface area (Å²) in [6.07, 6.45) is -0.965. The smallest absolute Gasteiger partial charge is 0.449 e. The van der Waals surface area contributed by atoms with Crippen molar-refractivity contribution in [1.82, 2.24) is 4.57 Å². The lowest BCUT2D eigenvalue weighted by Crippen LogP contribution is -2.18. The Balaban J connectivity index is 2.27. The first-order valence-electron chi connectivity index (χ1n) is 7.14. The maximum absolute atomic E-state index is 14.2. The first-order valence-corrected chi connectivity index (χ1v) is 7.14. The largest absolute Gasteiger partial charge is 0.511 e. The highest BCUT2D eigenvalue weighted by molar-refractivity contribution is 5.81. The number of hydrogen-bond acceptors (Lipinski definition) is 3. The van der Waals surface area contributed by atoms with Crippen molar-refractivity contribution in [3.8, 4) is 5.75 Å². The summed E-state index contributed by atoms with van der Waals surface area (Å²) in [7, 11) is 0. The van der Waals surface area contributed by atoms with Gasteiger partial charge in [0.05, 0.1) is 23.6 Å². The summed E-state index contributed by atoms with van der Waals surface area (Å²) < 4.78 is 60.4. The molecule has 2 aromatic carbocycles. The molecule has 0 saturated carbocycles. The van der Waals surface area contributed by atoms with Crippen molar-refractivity contribution in [1.29, 1.82) is 0 Å². The molecule has 0 atom stereocenters. The molecule has 0 amide bonds. The lowest BCUT2D eigenvalue weighted by atomic mass is 10.1. The molecule has 0 saturated heterocycles. The van der Waals surface area contributed by atoms with Gasteiger partial charge in [0.15, 0.2) is 5.75 Å². The minimum atomic E-state index is -1.79. The molecule has 0 aliphatic heterocycles. The number of para-hydroxylation sites is 1. The fraction of sp³-hybridized carbons (Fsp3) is 0.0588. The molecule has 1 heterocycles. The molecule has 1 N–H and O–H groups in total. The quantitative estimate of drug-likeness (QED) is 0.567. The Morgan fingerprint density at radius 3 is 2.35 bits per heavy atom. The predicted octanol–water partition coefficient (Wildman–Crippen LogP) is 3.66. The number of carbonyl (C=O) groups is 1. The normalized spacial score (nSPS) is 10.9. The second-order valence-corrected chi connectivity index (χ2v) is 5.30. The van der Waals surface area contributed by atoms with E-state index in [1.165, 1.54) is 12.1 Å². The van der Waals surface area contributed by atoms with E-state index >= 15 is 0 Å². The molecule has 1 aromatic heterocycles. The van der Waals surface area contributed by atoms with Gasteiger partial charge in [-0.25, -0.2) is 22.4 Å². The van der Waals surface area contributed by atoms with Gasteiger partial charge in [0.1, 0.15) is 23.3 Å². The Bertz CT molecular complexity index is 1070. The fourth-order valence-electron chi connectivity index (χ4n) is 2.57. The van der Waals surface area contributed by atoms with Crippen LogP contribution < -0.4 is 10.2 Å². The first-order chi connectivity index (χ1) is 12.3. The SMILES string of the molecule is O=C(O)Oc1cn(Cc2c(F)cc(F)cc2F)c2c(F)cccc2c1=O. The molecule has 26 heavy (non-hydrogen) atoms. The summed E-state index contributed by atoms with van der Waals surface area (Å²) in [4.78, 5) is 23.0. The van der Waals surface area contributed by atoms with Gasteiger partial charge in [0, 0.05) is 17.7 Å². The van der Waals surface area contributed by atoms with Gasteiger partial charge in [-0.1, -0.05) is 6.07 Å². The Kier molecular flexibility index (Phi) is 4.37. The highest BCUT2D eigenvalue weighted by atomic mass is 19.1. The second-order valence-electron chi connectivity index (χ2n) is 5.30. The molecule has 0 unspecified atom stereocenters. The van der Waals surface area contributed by atoms with Crippen LogP contribution in [0.4, 0.5) is 22.4 Å². The van der Waals surface area contributed by atoms with Crippen LogP contribution in [0, 0.1) is 23.3 Å². The lowest BCUT2D eigenvalue weighted by Gasteiger charge is -2.14. The van der Waals surface area contributed by atoms with Gasteiger partial charge in [-0.05, 0) is 12.1 Å². The molecule has 9 heteroatoms. The van der Waals surface area contributed by atoms with Crippen molar-refractivity contribution >= 4 is 17.1 Å². The van der Waals surface area contributed by atoms with E-state index < -0.39 is 52.7 Å². The molecule has 0 aliphatic carbocycles. The number of benzene rings is 2. The van der Waals surface area contributed by atoms with E-state index in [1.54, 1.807) is 0 Å². The maximum Gasteiger partial charge on any atom is 0.511 e. The number of carboxylic acid groups (broad SMARTS) is 1. The van der Waals surface area contributed by atoms with E-state index in [0.717, 1.165) is 16.8 Å². The zero-order chi connectivity index (χ0) is 19.0. The molecule has 5 nitrogen and oxygen atoms in total. The van der Waals surface area contributed by atoms with Crippen LogP contribution in [0.25, 0.3) is 10.9 Å². The minimum absolute atomic E-state index is 0.244. The standard InChI is InChI=1S/C17H9F4NO4/c18-8-4-12(20)10(13(21)5-8)6-22-7-14(26-17(24)25)16(23)9-2-1-3-11(19)15(9)22/h1-5,7H,6H2,(H,24,25). The third-order valence-electron chi connectivity index (χ3n) is 3.65. The Morgan fingerprint density at radius 2 is 1.73 bits per heavy atom. The van der Waals surface area contributed by atoms with Gasteiger partial charge >= 0.3 is 6.16 Å². The number of nitrogens with zero attached hydrogens (tertiary/aromatic N) is 1. The molecule has 3 rings (SSSR count). The summed E-state index contributed by atoms with van der Waals surface area (Å²) in [6.45, 7) is -0.633. The fourth-order valence-corrected chi connectivity index (χ4v) is 2.57. The van der Waals surface area contributed by atoms with Crippen LogP contribution in [0.15, 0.2) is 41.3 Å². The molecular weight excluding hydrogens is 358 g/mol. The van der Waals surface area contributed by atoms with Crippen LogP contribution in [0.2, 0.25) is 0 Å². The van der Waals surface area contributed by atoms with E-state index in [1.807, 2.05) is 0 Å². The topological polar surface area (TPSA) is 68.5 Å². The van der Waals surface area contributed by atoms with Crippen molar-refractivity contribution in [2.24, 2.45) is 0 Å². The minimum Gasteiger partial charge on any atom is -0.449 e. The molecular formula is C17H9F4NO4. The molecule has 0 radical (unpaired) electrons. The first kappa shape index (κ1) is 17.5. The second kappa shape index (κ2) is 6.51. The van der Waals surface area contributed by atoms with Gasteiger partial charge in [-0.2, -0.15) is 0 Å². The van der Waals surface area contributed by atoms with Crippen molar-refractivity contribution in [3.63, 3.8) is 0 Å². The van der Waals surface area contributed by atoms with Gasteiger partial charge in [-0.3, -0.25) is 4.79 Å². The number of pyridine rings is 1. The zero-order valence-electron chi connectivity index (χ0n) is 12.8. The van der Waals surface area contributed by atoms with Crippen LogP contribution in [0.3, 0.4) is 0 Å². The molecule has 134 valence electrons. The van der Waals surface area contributed by atoms with E-state index in [2.05, 4.69) is 4.74 Å². The number of hydrogen-bond donors (Lipinski definition) is 1. The third kappa shape index (κ3) is 3.10. The van der Waals surface area contributed by atoms with E-state index in [9.17, 15) is 27.2 Å². The molecule has 3 aromatic rings. The van der Waals surface area contributed by atoms with Gasteiger partial charge < -0.3 is 14.4 Å². The van der Waals surface area contributed by atoms with E-state index in [4.69, 9.17) is 5.11 Å². The number of ether oxygens (including phenoxy) is 1. The van der Waals surface area contributed by atoms with E-state index in [0.29, 0.717) is 12.1 Å². The summed E-state index contributed by atoms with van der Waals surface area (Å²) in [5, 5.41) is 8.47. The average molecular weight is 367 g/mol. The molecule has 0 spiro atoms. The lowest BCUT2D eigenvalue weighted by molar-refractivity contribution is 0.144. The summed E-state index contributed by atoms with van der Waals surface area (Å²) in [5.41, 5.74) is -1.81. The number of halogens is 4. The van der Waals surface area contributed by atoms with Crippen molar-refractivity contribution in [3.05, 3.63) is 75.6 Å². The van der Waals surface area contributed by atoms with Crippen LogP contribution in [0.1, 0.15) is 5.56 Å². The van der Waals surface area contributed by atoms with Crippen molar-refractivity contribution in [2.75, 3.05) is 0 Å². The van der Waals surface area contributed by atoms with Crippen LogP contribution in [-0.4, -0.2) is 15.8 Å². The Hall–Kier alpha value is -3.36. The van der Waals surface area contributed by atoms with Gasteiger partial charge in [-0.15, -0.1) is 0 Å². The summed E-state index contributed by atoms with van der Waals surface area (Å²) in [6, 6.07) is 4.35. The molecule has 0 fully saturated rings. The number of fused-ring (bicyclic) bond motifs is 1. The van der Waals surface area contributed by atoms with Gasteiger partial charge in [0.2, 0.25) is 5.43 Å². The monoisotopic (exact) mass is 367 g/mol. The summed E-state index contributed by atoms with van der Waals surface area (Å²) >= 11 is 0. The number of aromatic nitrogens is 1. The third-order valence-corrected chi connectivity index (χ3v) is 3.65. The van der Waals surface area contributed by atoms with Crippen LogP contribution in [0.5, 0.6) is 5.75 Å². The van der Waals surface area contributed by atoms with Crippen molar-refractivity contribution in [2.45, 2.75) is 6.54 Å². The molecule has 0 bridgehead atoms. The average Bonchev–Trinajstić information content (AvgIpc) is 2.54. The zero-order valence-corrected chi connectivity index (χ0v) is 12.8. The maximum atomic E-state index is 14.2. The highest BCUT2D eigenvalue weighted by Gasteiger charge is 2.18.